The third-order valence-corrected chi connectivity index (χ3v) is 3.73. The number of rotatable bonds is 3. The third kappa shape index (κ3) is 3.23. The summed E-state index contributed by atoms with van der Waals surface area (Å²) in [5, 5.41) is 4.49. The van der Waals surface area contributed by atoms with Gasteiger partial charge in [-0.3, -0.25) is 0 Å². The molecule has 0 atom stereocenters. The van der Waals surface area contributed by atoms with Gasteiger partial charge in [-0.1, -0.05) is 36.9 Å². The van der Waals surface area contributed by atoms with Crippen molar-refractivity contribution >= 4 is 11.6 Å². The number of halogens is 1. The van der Waals surface area contributed by atoms with Gasteiger partial charge < -0.3 is 5.32 Å². The van der Waals surface area contributed by atoms with Gasteiger partial charge in [0.05, 0.1) is 0 Å². The van der Waals surface area contributed by atoms with E-state index in [9.17, 15) is 0 Å². The zero-order valence-corrected chi connectivity index (χ0v) is 10.7. The van der Waals surface area contributed by atoms with E-state index in [4.69, 9.17) is 11.6 Å². The predicted octanol–water partition coefficient (Wildman–Crippen LogP) is 4.07. The van der Waals surface area contributed by atoms with Crippen molar-refractivity contribution in [2.75, 3.05) is 0 Å². The Morgan fingerprint density at radius 2 is 2.00 bits per heavy atom. The molecule has 0 saturated heterocycles. The summed E-state index contributed by atoms with van der Waals surface area (Å²) in [6.45, 7) is 3.11. The lowest BCUT2D eigenvalue weighted by molar-refractivity contribution is 0.372. The molecule has 1 aromatic rings. The zero-order chi connectivity index (χ0) is 11.4. The molecule has 0 aliphatic heterocycles. The van der Waals surface area contributed by atoms with Crippen molar-refractivity contribution in [3.05, 3.63) is 34.3 Å². The minimum atomic E-state index is 0.726. The monoisotopic (exact) mass is 237 g/mol. The Kier molecular flexibility index (Phi) is 4.25. The maximum Gasteiger partial charge on any atom is 0.0408 e. The van der Waals surface area contributed by atoms with Crippen LogP contribution in [0.25, 0.3) is 0 Å². The van der Waals surface area contributed by atoms with E-state index in [1.165, 1.54) is 43.2 Å². The number of hydrogen-bond donors (Lipinski definition) is 1. The van der Waals surface area contributed by atoms with Crippen molar-refractivity contribution in [1.82, 2.24) is 5.32 Å². The highest BCUT2D eigenvalue weighted by molar-refractivity contribution is 6.30. The van der Waals surface area contributed by atoms with Crippen LogP contribution in [0.3, 0.4) is 0 Å². The summed E-state index contributed by atoms with van der Waals surface area (Å²) < 4.78 is 0. The Morgan fingerprint density at radius 1 is 1.25 bits per heavy atom. The first-order valence-electron chi connectivity index (χ1n) is 6.24. The first-order valence-corrected chi connectivity index (χ1v) is 6.62. The van der Waals surface area contributed by atoms with Crippen LogP contribution in [0.5, 0.6) is 0 Å². The van der Waals surface area contributed by atoms with Gasteiger partial charge >= 0.3 is 0 Å². The molecule has 1 nitrogen and oxygen atoms in total. The normalized spacial score (nSPS) is 17.6. The SMILES string of the molecule is Cc1cc(Cl)ccc1CNC1CCCCC1. The Hall–Kier alpha value is -0.530. The molecule has 1 saturated carbocycles. The van der Waals surface area contributed by atoms with Crippen molar-refractivity contribution in [2.24, 2.45) is 0 Å². The van der Waals surface area contributed by atoms with E-state index in [2.05, 4.69) is 18.3 Å². The van der Waals surface area contributed by atoms with Crippen LogP contribution < -0.4 is 5.32 Å². The summed E-state index contributed by atoms with van der Waals surface area (Å²) in [7, 11) is 0. The molecule has 1 aliphatic rings. The van der Waals surface area contributed by atoms with E-state index in [1.807, 2.05) is 12.1 Å². The van der Waals surface area contributed by atoms with E-state index in [-0.39, 0.29) is 0 Å². The third-order valence-electron chi connectivity index (χ3n) is 3.49. The molecule has 1 aliphatic carbocycles. The molecular weight excluding hydrogens is 218 g/mol. The Morgan fingerprint density at radius 3 is 2.69 bits per heavy atom. The van der Waals surface area contributed by atoms with Crippen molar-refractivity contribution < 1.29 is 0 Å². The lowest BCUT2D eigenvalue weighted by atomic mass is 9.95. The van der Waals surface area contributed by atoms with Crippen LogP contribution in [-0.2, 0) is 6.54 Å². The van der Waals surface area contributed by atoms with Crippen molar-refractivity contribution in [1.29, 1.82) is 0 Å². The van der Waals surface area contributed by atoms with Crippen molar-refractivity contribution in [3.63, 3.8) is 0 Å². The van der Waals surface area contributed by atoms with Gasteiger partial charge in [0.1, 0.15) is 0 Å². The largest absolute Gasteiger partial charge is 0.310 e. The Bertz CT molecular complexity index is 343. The summed E-state index contributed by atoms with van der Waals surface area (Å²) in [5.74, 6) is 0. The van der Waals surface area contributed by atoms with E-state index >= 15 is 0 Å². The molecule has 0 spiro atoms. The molecule has 1 N–H and O–H groups in total. The van der Waals surface area contributed by atoms with Gasteiger partial charge in [-0.05, 0) is 43.0 Å². The van der Waals surface area contributed by atoms with Gasteiger partial charge in [-0.15, -0.1) is 0 Å². The first kappa shape index (κ1) is 11.9. The predicted molar refractivity (Wildman–Crippen MR) is 69.9 cm³/mol. The highest BCUT2D eigenvalue weighted by Gasteiger charge is 2.12. The molecule has 0 radical (unpaired) electrons. The van der Waals surface area contributed by atoms with Gasteiger partial charge in [0.15, 0.2) is 0 Å². The van der Waals surface area contributed by atoms with Crippen molar-refractivity contribution in [3.8, 4) is 0 Å². The van der Waals surface area contributed by atoms with Gasteiger partial charge in [-0.2, -0.15) is 0 Å². The fourth-order valence-electron chi connectivity index (χ4n) is 2.42. The van der Waals surface area contributed by atoms with Gasteiger partial charge in [-0.25, -0.2) is 0 Å². The molecule has 2 rings (SSSR count). The first-order chi connectivity index (χ1) is 7.75. The summed E-state index contributed by atoms with van der Waals surface area (Å²) in [5.41, 5.74) is 2.66. The Labute approximate surface area is 103 Å². The Balaban J connectivity index is 1.88. The molecule has 0 aromatic heterocycles. The van der Waals surface area contributed by atoms with Crippen LogP contribution in [0.4, 0.5) is 0 Å². The fourth-order valence-corrected chi connectivity index (χ4v) is 2.65. The van der Waals surface area contributed by atoms with Crippen molar-refractivity contribution in [2.45, 2.75) is 51.6 Å². The molecule has 16 heavy (non-hydrogen) atoms. The average Bonchev–Trinajstić information content (AvgIpc) is 2.29. The van der Waals surface area contributed by atoms with E-state index in [0.29, 0.717) is 0 Å². The topological polar surface area (TPSA) is 12.0 Å². The molecular formula is C14H20ClN. The van der Waals surface area contributed by atoms with Crippen LogP contribution in [0.15, 0.2) is 18.2 Å². The van der Waals surface area contributed by atoms with Crippen LogP contribution in [0.2, 0.25) is 5.02 Å². The van der Waals surface area contributed by atoms with Gasteiger partial charge in [0, 0.05) is 17.6 Å². The molecule has 0 unspecified atom stereocenters. The van der Waals surface area contributed by atoms with E-state index < -0.39 is 0 Å². The summed E-state index contributed by atoms with van der Waals surface area (Å²) in [4.78, 5) is 0. The molecule has 1 aromatic carbocycles. The summed E-state index contributed by atoms with van der Waals surface area (Å²) in [6, 6.07) is 6.88. The number of hydrogen-bond acceptors (Lipinski definition) is 1. The molecule has 0 amide bonds. The molecule has 88 valence electrons. The molecule has 0 bridgehead atoms. The zero-order valence-electron chi connectivity index (χ0n) is 9.93. The number of nitrogens with one attached hydrogen (secondary N) is 1. The van der Waals surface area contributed by atoms with E-state index in [1.54, 1.807) is 0 Å². The molecule has 2 heteroatoms. The average molecular weight is 238 g/mol. The van der Waals surface area contributed by atoms with Crippen LogP contribution >= 0.6 is 11.6 Å². The molecule has 0 heterocycles. The maximum atomic E-state index is 5.95. The molecule has 1 fully saturated rings. The van der Waals surface area contributed by atoms with Crippen LogP contribution in [-0.4, -0.2) is 6.04 Å². The van der Waals surface area contributed by atoms with Crippen LogP contribution in [0, 0.1) is 6.92 Å². The minimum Gasteiger partial charge on any atom is -0.310 e. The second-order valence-corrected chi connectivity index (χ2v) is 5.22. The smallest absolute Gasteiger partial charge is 0.0408 e. The van der Waals surface area contributed by atoms with E-state index in [0.717, 1.165) is 17.6 Å². The summed E-state index contributed by atoms with van der Waals surface area (Å²) in [6.07, 6.45) is 6.87. The quantitative estimate of drug-likeness (QED) is 0.836. The second-order valence-electron chi connectivity index (χ2n) is 4.79. The highest BCUT2D eigenvalue weighted by atomic mass is 35.5. The minimum absolute atomic E-state index is 0.726. The van der Waals surface area contributed by atoms with Gasteiger partial charge in [0.2, 0.25) is 0 Å². The highest BCUT2D eigenvalue weighted by Crippen LogP contribution is 2.19. The maximum absolute atomic E-state index is 5.95. The fraction of sp³-hybridized carbons (Fsp3) is 0.571. The standard InChI is InChI=1S/C14H20ClN/c1-11-9-13(15)8-7-12(11)10-16-14-5-3-2-4-6-14/h7-9,14,16H,2-6,10H2,1H3. The second kappa shape index (κ2) is 5.70. The van der Waals surface area contributed by atoms with Gasteiger partial charge in [0.25, 0.3) is 0 Å². The lowest BCUT2D eigenvalue weighted by Crippen LogP contribution is -2.30. The number of aryl methyl sites for hydroxylation is 1. The number of benzene rings is 1. The van der Waals surface area contributed by atoms with Crippen LogP contribution in [0.1, 0.15) is 43.2 Å². The lowest BCUT2D eigenvalue weighted by Gasteiger charge is -2.23. The summed E-state index contributed by atoms with van der Waals surface area (Å²) >= 11 is 5.95.